The Balaban J connectivity index is 1.73. The molecule has 0 fully saturated rings. The molecule has 1 aliphatic rings. The van der Waals surface area contributed by atoms with E-state index in [1.165, 1.54) is 11.3 Å². The number of amides is 1. The Morgan fingerprint density at radius 2 is 2.05 bits per heavy atom. The quantitative estimate of drug-likeness (QED) is 0.900. The number of sulfonamides is 1. The van der Waals surface area contributed by atoms with Crippen LogP contribution in [0.1, 0.15) is 22.4 Å². The smallest absolute Gasteiger partial charge is 0.250 e. The normalized spacial score (nSPS) is 14.5. The third-order valence-corrected chi connectivity index (χ3v) is 6.41. The fraction of sp³-hybridized carbons (Fsp3) is 0.267. The third-order valence-electron chi connectivity index (χ3n) is 3.51. The van der Waals surface area contributed by atoms with Gasteiger partial charge in [-0.15, -0.1) is 11.3 Å². The van der Waals surface area contributed by atoms with Gasteiger partial charge in [-0.2, -0.15) is 0 Å². The van der Waals surface area contributed by atoms with E-state index in [4.69, 9.17) is 0 Å². The molecule has 1 aliphatic heterocycles. The van der Waals surface area contributed by atoms with Crippen LogP contribution in [0.2, 0.25) is 0 Å². The Kier molecular flexibility index (Phi) is 4.03. The molecule has 5 nitrogen and oxygen atoms in total. The van der Waals surface area contributed by atoms with Gasteiger partial charge in [-0.25, -0.2) is 13.1 Å². The van der Waals surface area contributed by atoms with Crippen LogP contribution >= 0.6 is 11.3 Å². The van der Waals surface area contributed by atoms with Crippen molar-refractivity contribution >= 4 is 33.0 Å². The van der Waals surface area contributed by atoms with Crippen LogP contribution < -0.4 is 10.0 Å². The van der Waals surface area contributed by atoms with Gasteiger partial charge < -0.3 is 5.32 Å². The zero-order chi connectivity index (χ0) is 15.7. The number of anilines is 1. The number of rotatable bonds is 4. The summed E-state index contributed by atoms with van der Waals surface area (Å²) < 4.78 is 27.3. The first-order valence-electron chi connectivity index (χ1n) is 6.92. The summed E-state index contributed by atoms with van der Waals surface area (Å²) in [6.45, 7) is 2.11. The average molecular weight is 336 g/mol. The van der Waals surface area contributed by atoms with Gasteiger partial charge in [-0.1, -0.05) is 12.1 Å². The number of nitrogens with one attached hydrogen (secondary N) is 2. The molecule has 1 aromatic heterocycles. The summed E-state index contributed by atoms with van der Waals surface area (Å²) in [6, 6.07) is 9.00. The van der Waals surface area contributed by atoms with Crippen molar-refractivity contribution in [1.82, 2.24) is 4.72 Å². The number of carbonyl (C=O) groups is 1. The highest BCUT2D eigenvalue weighted by Crippen LogP contribution is 2.24. The first-order chi connectivity index (χ1) is 10.4. The summed E-state index contributed by atoms with van der Waals surface area (Å²) in [5.41, 5.74) is 2.74. The van der Waals surface area contributed by atoms with E-state index in [0.717, 1.165) is 21.7 Å². The third kappa shape index (κ3) is 3.21. The highest BCUT2D eigenvalue weighted by Gasteiger charge is 2.17. The standard InChI is InChI=1S/C15H16N2O3S2/c1-10-2-7-15(21-10)22(19,20)16-9-11-3-5-13-12(8-11)4-6-14(18)17-13/h2-3,5,7-8,16H,4,6,9H2,1H3,(H,17,18). The van der Waals surface area contributed by atoms with E-state index >= 15 is 0 Å². The maximum Gasteiger partial charge on any atom is 0.250 e. The monoisotopic (exact) mass is 336 g/mol. The molecule has 116 valence electrons. The van der Waals surface area contributed by atoms with Crippen molar-refractivity contribution in [2.75, 3.05) is 5.32 Å². The lowest BCUT2D eigenvalue weighted by Gasteiger charge is -2.17. The lowest BCUT2D eigenvalue weighted by molar-refractivity contribution is -0.116. The van der Waals surface area contributed by atoms with E-state index in [0.29, 0.717) is 17.1 Å². The molecule has 0 atom stereocenters. The van der Waals surface area contributed by atoms with E-state index in [1.807, 2.05) is 25.1 Å². The maximum absolute atomic E-state index is 12.2. The van der Waals surface area contributed by atoms with Crippen LogP contribution in [-0.2, 0) is 27.8 Å². The lowest BCUT2D eigenvalue weighted by atomic mass is 10.0. The highest BCUT2D eigenvalue weighted by molar-refractivity contribution is 7.91. The van der Waals surface area contributed by atoms with Gasteiger partial charge in [0.2, 0.25) is 15.9 Å². The summed E-state index contributed by atoms with van der Waals surface area (Å²) in [6.07, 6.45) is 1.16. The van der Waals surface area contributed by atoms with E-state index in [1.54, 1.807) is 12.1 Å². The predicted molar refractivity (Wildman–Crippen MR) is 86.5 cm³/mol. The number of hydrogen-bond donors (Lipinski definition) is 2. The van der Waals surface area contributed by atoms with Crippen molar-refractivity contribution in [1.29, 1.82) is 0 Å². The van der Waals surface area contributed by atoms with Crippen LogP contribution in [0, 0.1) is 6.92 Å². The Morgan fingerprint density at radius 1 is 1.23 bits per heavy atom. The molecule has 0 radical (unpaired) electrons. The Morgan fingerprint density at radius 3 is 2.77 bits per heavy atom. The zero-order valence-corrected chi connectivity index (χ0v) is 13.7. The summed E-state index contributed by atoms with van der Waals surface area (Å²) in [5.74, 6) is 0.0222. The Bertz CT molecular complexity index is 825. The first-order valence-corrected chi connectivity index (χ1v) is 9.22. The summed E-state index contributed by atoms with van der Waals surface area (Å²) in [4.78, 5) is 12.3. The van der Waals surface area contributed by atoms with Crippen LogP contribution in [0.3, 0.4) is 0 Å². The molecule has 2 aromatic rings. The number of fused-ring (bicyclic) bond motifs is 1. The second-order valence-corrected chi connectivity index (χ2v) is 8.51. The van der Waals surface area contributed by atoms with Gasteiger partial charge in [0, 0.05) is 23.5 Å². The second-order valence-electron chi connectivity index (χ2n) is 5.23. The average Bonchev–Trinajstić information content (AvgIpc) is 2.92. The largest absolute Gasteiger partial charge is 0.326 e. The van der Waals surface area contributed by atoms with E-state index in [-0.39, 0.29) is 12.5 Å². The predicted octanol–water partition coefficient (Wildman–Crippen LogP) is 2.42. The number of hydrogen-bond acceptors (Lipinski definition) is 4. The van der Waals surface area contributed by atoms with Gasteiger partial charge in [-0.05, 0) is 42.7 Å². The first kappa shape index (κ1) is 15.2. The molecule has 0 spiro atoms. The van der Waals surface area contributed by atoms with Crippen LogP contribution in [0.5, 0.6) is 0 Å². The molecule has 22 heavy (non-hydrogen) atoms. The van der Waals surface area contributed by atoms with Gasteiger partial charge >= 0.3 is 0 Å². The molecular weight excluding hydrogens is 320 g/mol. The van der Waals surface area contributed by atoms with Crippen molar-refractivity contribution in [3.8, 4) is 0 Å². The minimum atomic E-state index is -3.47. The van der Waals surface area contributed by atoms with Crippen molar-refractivity contribution in [2.24, 2.45) is 0 Å². The number of benzene rings is 1. The zero-order valence-electron chi connectivity index (χ0n) is 12.0. The summed E-state index contributed by atoms with van der Waals surface area (Å²) in [5, 5.41) is 2.81. The number of aryl methyl sites for hydroxylation is 2. The molecule has 2 heterocycles. The van der Waals surface area contributed by atoms with Gasteiger partial charge in [0.15, 0.2) is 0 Å². The molecule has 1 amide bonds. The number of carbonyl (C=O) groups excluding carboxylic acids is 1. The second kappa shape index (κ2) is 5.83. The Labute approximate surface area is 133 Å². The maximum atomic E-state index is 12.2. The molecular formula is C15H16N2O3S2. The minimum Gasteiger partial charge on any atom is -0.326 e. The van der Waals surface area contributed by atoms with Gasteiger partial charge in [0.1, 0.15) is 4.21 Å². The van der Waals surface area contributed by atoms with Crippen molar-refractivity contribution in [3.63, 3.8) is 0 Å². The molecule has 1 aromatic carbocycles. The topological polar surface area (TPSA) is 75.3 Å². The molecule has 2 N–H and O–H groups in total. The minimum absolute atomic E-state index is 0.0222. The molecule has 3 rings (SSSR count). The fourth-order valence-electron chi connectivity index (χ4n) is 2.35. The molecule has 0 unspecified atom stereocenters. The van der Waals surface area contributed by atoms with Crippen LogP contribution in [-0.4, -0.2) is 14.3 Å². The number of thiophene rings is 1. The Hall–Kier alpha value is -1.70. The van der Waals surface area contributed by atoms with Crippen LogP contribution in [0.25, 0.3) is 0 Å². The van der Waals surface area contributed by atoms with Crippen LogP contribution in [0.15, 0.2) is 34.5 Å². The van der Waals surface area contributed by atoms with Gasteiger partial charge in [0.25, 0.3) is 0 Å². The SMILES string of the molecule is Cc1ccc(S(=O)(=O)NCc2ccc3c(c2)CCC(=O)N3)s1. The van der Waals surface area contributed by atoms with Gasteiger partial charge in [-0.3, -0.25) is 4.79 Å². The molecule has 0 bridgehead atoms. The molecule has 0 aliphatic carbocycles. The highest BCUT2D eigenvalue weighted by atomic mass is 32.2. The van der Waals surface area contributed by atoms with Crippen molar-refractivity contribution in [2.45, 2.75) is 30.5 Å². The fourth-order valence-corrected chi connectivity index (χ4v) is 4.70. The van der Waals surface area contributed by atoms with Gasteiger partial charge in [0.05, 0.1) is 0 Å². The lowest BCUT2D eigenvalue weighted by Crippen LogP contribution is -2.23. The van der Waals surface area contributed by atoms with E-state index in [9.17, 15) is 13.2 Å². The molecule has 7 heteroatoms. The van der Waals surface area contributed by atoms with Crippen molar-refractivity contribution < 1.29 is 13.2 Å². The van der Waals surface area contributed by atoms with E-state index < -0.39 is 10.0 Å². The summed E-state index contributed by atoms with van der Waals surface area (Å²) >= 11 is 1.25. The molecule has 0 saturated heterocycles. The van der Waals surface area contributed by atoms with E-state index in [2.05, 4.69) is 10.0 Å². The van der Waals surface area contributed by atoms with Crippen LogP contribution in [0.4, 0.5) is 5.69 Å². The molecule has 0 saturated carbocycles. The van der Waals surface area contributed by atoms with Crippen molar-refractivity contribution in [3.05, 3.63) is 46.3 Å². The summed E-state index contributed by atoms with van der Waals surface area (Å²) in [7, 11) is -3.47.